The molecule has 134 valence electrons. The zero-order valence-corrected chi connectivity index (χ0v) is 15.6. The SMILES string of the molecule is Cc1ccccc1CS(=O)(=O)Nc1ccc(N2CCN(C)CC2)cc1. The Labute approximate surface area is 150 Å². The summed E-state index contributed by atoms with van der Waals surface area (Å²) in [6.45, 7) is 6.01. The Morgan fingerprint density at radius 2 is 1.60 bits per heavy atom. The highest BCUT2D eigenvalue weighted by atomic mass is 32.2. The summed E-state index contributed by atoms with van der Waals surface area (Å²) in [6, 6.07) is 15.2. The molecule has 0 unspecified atom stereocenters. The van der Waals surface area contributed by atoms with Crippen LogP contribution in [0.3, 0.4) is 0 Å². The molecule has 1 N–H and O–H groups in total. The molecule has 0 atom stereocenters. The Balaban J connectivity index is 1.65. The van der Waals surface area contributed by atoms with Crippen molar-refractivity contribution < 1.29 is 8.42 Å². The first-order chi connectivity index (χ1) is 11.9. The van der Waals surface area contributed by atoms with Gasteiger partial charge in [-0.3, -0.25) is 4.72 Å². The van der Waals surface area contributed by atoms with Crippen LogP contribution in [0.4, 0.5) is 11.4 Å². The molecule has 5 nitrogen and oxygen atoms in total. The number of nitrogens with zero attached hydrogens (tertiary/aromatic N) is 2. The first kappa shape index (κ1) is 17.8. The molecular weight excluding hydrogens is 334 g/mol. The highest BCUT2D eigenvalue weighted by molar-refractivity contribution is 7.91. The second-order valence-corrected chi connectivity index (χ2v) is 8.35. The van der Waals surface area contributed by atoms with E-state index in [0.717, 1.165) is 43.0 Å². The van der Waals surface area contributed by atoms with Crippen molar-refractivity contribution in [3.8, 4) is 0 Å². The second-order valence-electron chi connectivity index (χ2n) is 6.62. The maximum absolute atomic E-state index is 12.4. The lowest BCUT2D eigenvalue weighted by molar-refractivity contribution is 0.313. The van der Waals surface area contributed by atoms with Crippen molar-refractivity contribution in [1.29, 1.82) is 0 Å². The van der Waals surface area contributed by atoms with Gasteiger partial charge in [-0.1, -0.05) is 24.3 Å². The van der Waals surface area contributed by atoms with Crippen molar-refractivity contribution in [3.63, 3.8) is 0 Å². The summed E-state index contributed by atoms with van der Waals surface area (Å²) in [5.74, 6) is -0.0140. The van der Waals surface area contributed by atoms with Gasteiger partial charge in [-0.05, 0) is 49.4 Å². The van der Waals surface area contributed by atoms with E-state index >= 15 is 0 Å². The Kier molecular flexibility index (Phi) is 5.30. The van der Waals surface area contributed by atoms with E-state index in [0.29, 0.717) is 5.69 Å². The molecule has 2 aromatic carbocycles. The fraction of sp³-hybridized carbons (Fsp3) is 0.368. The van der Waals surface area contributed by atoms with Crippen molar-refractivity contribution >= 4 is 21.4 Å². The zero-order chi connectivity index (χ0) is 17.9. The van der Waals surface area contributed by atoms with Gasteiger partial charge in [0.15, 0.2) is 0 Å². The maximum atomic E-state index is 12.4. The molecule has 0 spiro atoms. The Bertz CT molecular complexity index is 811. The number of anilines is 2. The van der Waals surface area contributed by atoms with Gasteiger partial charge in [-0.15, -0.1) is 0 Å². The van der Waals surface area contributed by atoms with Gasteiger partial charge >= 0.3 is 0 Å². The normalized spacial score (nSPS) is 16.0. The molecule has 2 aromatic rings. The van der Waals surface area contributed by atoms with Gasteiger partial charge < -0.3 is 9.80 Å². The Morgan fingerprint density at radius 3 is 2.24 bits per heavy atom. The monoisotopic (exact) mass is 359 g/mol. The molecule has 0 bridgehead atoms. The van der Waals surface area contributed by atoms with Crippen LogP contribution in [0.5, 0.6) is 0 Å². The van der Waals surface area contributed by atoms with E-state index in [1.165, 1.54) is 0 Å². The number of likely N-dealkylation sites (N-methyl/N-ethyl adjacent to an activating group) is 1. The van der Waals surface area contributed by atoms with Crippen molar-refractivity contribution in [2.24, 2.45) is 0 Å². The van der Waals surface area contributed by atoms with Crippen LogP contribution in [0.1, 0.15) is 11.1 Å². The average Bonchev–Trinajstić information content (AvgIpc) is 2.58. The molecule has 1 fully saturated rings. The lowest BCUT2D eigenvalue weighted by atomic mass is 10.1. The van der Waals surface area contributed by atoms with E-state index < -0.39 is 10.0 Å². The molecule has 3 rings (SSSR count). The lowest BCUT2D eigenvalue weighted by Crippen LogP contribution is -2.44. The highest BCUT2D eigenvalue weighted by Crippen LogP contribution is 2.21. The number of rotatable bonds is 5. The van der Waals surface area contributed by atoms with Gasteiger partial charge in [-0.25, -0.2) is 8.42 Å². The topological polar surface area (TPSA) is 52.7 Å². The van der Waals surface area contributed by atoms with E-state index in [-0.39, 0.29) is 5.75 Å². The molecule has 1 heterocycles. The van der Waals surface area contributed by atoms with Crippen molar-refractivity contribution in [2.75, 3.05) is 42.8 Å². The van der Waals surface area contributed by atoms with Gasteiger partial charge in [0.1, 0.15) is 0 Å². The summed E-state index contributed by atoms with van der Waals surface area (Å²) in [5.41, 5.74) is 3.55. The van der Waals surface area contributed by atoms with Crippen molar-refractivity contribution in [1.82, 2.24) is 4.90 Å². The quantitative estimate of drug-likeness (QED) is 0.892. The van der Waals surface area contributed by atoms with Crippen LogP contribution in [0.25, 0.3) is 0 Å². The van der Waals surface area contributed by atoms with Crippen LogP contribution in [0.2, 0.25) is 0 Å². The van der Waals surface area contributed by atoms with Crippen molar-refractivity contribution in [2.45, 2.75) is 12.7 Å². The van der Waals surface area contributed by atoms with Crippen LogP contribution < -0.4 is 9.62 Å². The van der Waals surface area contributed by atoms with Gasteiger partial charge in [0, 0.05) is 37.6 Å². The largest absolute Gasteiger partial charge is 0.369 e. The third kappa shape index (κ3) is 4.74. The standard InChI is InChI=1S/C19H25N3O2S/c1-16-5-3-4-6-17(16)15-25(23,24)20-18-7-9-19(10-8-18)22-13-11-21(2)12-14-22/h3-10,20H,11-15H2,1-2H3. The molecule has 25 heavy (non-hydrogen) atoms. The van der Waals surface area contributed by atoms with E-state index in [9.17, 15) is 8.42 Å². The molecule has 0 amide bonds. The number of benzene rings is 2. The van der Waals surface area contributed by atoms with Crippen LogP contribution in [-0.4, -0.2) is 46.5 Å². The second kappa shape index (κ2) is 7.45. The third-order valence-electron chi connectivity index (χ3n) is 4.62. The molecule has 1 aliphatic rings. The summed E-state index contributed by atoms with van der Waals surface area (Å²) < 4.78 is 27.5. The molecule has 1 aliphatic heterocycles. The van der Waals surface area contributed by atoms with E-state index in [1.807, 2.05) is 55.5 Å². The lowest BCUT2D eigenvalue weighted by Gasteiger charge is -2.34. The van der Waals surface area contributed by atoms with Crippen molar-refractivity contribution in [3.05, 3.63) is 59.7 Å². The van der Waals surface area contributed by atoms with Gasteiger partial charge in [0.25, 0.3) is 0 Å². The third-order valence-corrected chi connectivity index (χ3v) is 5.85. The molecule has 1 saturated heterocycles. The summed E-state index contributed by atoms with van der Waals surface area (Å²) in [4.78, 5) is 4.64. The number of piperazine rings is 1. The van der Waals surface area contributed by atoms with Crippen LogP contribution in [-0.2, 0) is 15.8 Å². The molecule has 6 heteroatoms. The number of hydrogen-bond donors (Lipinski definition) is 1. The smallest absolute Gasteiger partial charge is 0.236 e. The summed E-state index contributed by atoms with van der Waals surface area (Å²) in [5, 5.41) is 0. The fourth-order valence-corrected chi connectivity index (χ4v) is 4.30. The highest BCUT2D eigenvalue weighted by Gasteiger charge is 2.16. The summed E-state index contributed by atoms with van der Waals surface area (Å²) in [7, 11) is -1.30. The number of nitrogens with one attached hydrogen (secondary N) is 1. The maximum Gasteiger partial charge on any atom is 0.236 e. The van der Waals surface area contributed by atoms with E-state index in [1.54, 1.807) is 0 Å². The summed E-state index contributed by atoms with van der Waals surface area (Å²) >= 11 is 0. The van der Waals surface area contributed by atoms with Crippen LogP contribution in [0, 0.1) is 6.92 Å². The van der Waals surface area contributed by atoms with Gasteiger partial charge in [0.05, 0.1) is 5.75 Å². The molecule has 0 radical (unpaired) electrons. The molecule has 0 saturated carbocycles. The van der Waals surface area contributed by atoms with Gasteiger partial charge in [-0.2, -0.15) is 0 Å². The fourth-order valence-electron chi connectivity index (χ4n) is 3.00. The summed E-state index contributed by atoms with van der Waals surface area (Å²) in [6.07, 6.45) is 0. The van der Waals surface area contributed by atoms with Crippen LogP contribution >= 0.6 is 0 Å². The minimum Gasteiger partial charge on any atom is -0.369 e. The number of hydrogen-bond acceptors (Lipinski definition) is 4. The number of aryl methyl sites for hydroxylation is 1. The predicted molar refractivity (Wildman–Crippen MR) is 104 cm³/mol. The predicted octanol–water partition coefficient (Wildman–Crippen LogP) is 2.69. The molecule has 0 aromatic heterocycles. The minimum absolute atomic E-state index is 0.0140. The zero-order valence-electron chi connectivity index (χ0n) is 14.8. The minimum atomic E-state index is -3.43. The van der Waals surface area contributed by atoms with Crippen LogP contribution in [0.15, 0.2) is 48.5 Å². The van der Waals surface area contributed by atoms with E-state index in [4.69, 9.17) is 0 Å². The molecular formula is C19H25N3O2S. The Hall–Kier alpha value is -2.05. The number of sulfonamides is 1. The Morgan fingerprint density at radius 1 is 0.960 bits per heavy atom. The molecule has 0 aliphatic carbocycles. The van der Waals surface area contributed by atoms with E-state index in [2.05, 4.69) is 21.6 Å². The first-order valence-electron chi connectivity index (χ1n) is 8.51. The average molecular weight is 359 g/mol. The van der Waals surface area contributed by atoms with Gasteiger partial charge in [0.2, 0.25) is 10.0 Å². The first-order valence-corrected chi connectivity index (χ1v) is 10.2.